The molecule has 5 nitrogen and oxygen atoms in total. The molecule has 0 bridgehead atoms. The van der Waals surface area contributed by atoms with Crippen molar-refractivity contribution in [3.8, 4) is 0 Å². The highest BCUT2D eigenvalue weighted by Crippen LogP contribution is 1.97. The second-order valence-corrected chi connectivity index (χ2v) is 3.91. The number of nitrogens with one attached hydrogen (secondary N) is 1. The van der Waals surface area contributed by atoms with Gasteiger partial charge in [-0.05, 0) is 14.1 Å². The Morgan fingerprint density at radius 3 is 2.56 bits per heavy atom. The molecule has 0 unspecified atom stereocenters. The number of hydrogen-bond donors (Lipinski definition) is 1. The predicted octanol–water partition coefficient (Wildman–Crippen LogP) is 0.274. The molecule has 0 radical (unpaired) electrons. The minimum Gasteiger partial charge on any atom is -0.383 e. The van der Waals surface area contributed by atoms with Gasteiger partial charge in [0.25, 0.3) is 0 Å². The molecule has 0 saturated carbocycles. The Morgan fingerprint density at radius 1 is 1.31 bits per heavy atom. The Morgan fingerprint density at radius 2 is 2.00 bits per heavy atom. The van der Waals surface area contributed by atoms with E-state index in [1.54, 1.807) is 7.11 Å². The van der Waals surface area contributed by atoms with Gasteiger partial charge in [-0.15, -0.1) is 0 Å². The molecular formula is C11H20N4O. The third-order valence-corrected chi connectivity index (χ3v) is 2.03. The summed E-state index contributed by atoms with van der Waals surface area (Å²) in [7, 11) is 5.70. The third-order valence-electron chi connectivity index (χ3n) is 2.03. The van der Waals surface area contributed by atoms with Gasteiger partial charge in [-0.25, -0.2) is 9.97 Å². The number of rotatable bonds is 7. The van der Waals surface area contributed by atoms with Crippen molar-refractivity contribution in [1.82, 2.24) is 20.2 Å². The molecule has 1 rings (SSSR count). The highest BCUT2D eigenvalue weighted by Gasteiger charge is 1.99. The van der Waals surface area contributed by atoms with Gasteiger partial charge in [-0.1, -0.05) is 0 Å². The van der Waals surface area contributed by atoms with Crippen molar-refractivity contribution in [3.63, 3.8) is 0 Å². The zero-order valence-electron chi connectivity index (χ0n) is 10.2. The lowest BCUT2D eigenvalue weighted by Crippen LogP contribution is -2.19. The Balaban J connectivity index is 2.33. The molecule has 0 amide bonds. The van der Waals surface area contributed by atoms with E-state index in [0.717, 1.165) is 37.6 Å². The van der Waals surface area contributed by atoms with Gasteiger partial charge in [-0.2, -0.15) is 0 Å². The van der Waals surface area contributed by atoms with Crippen molar-refractivity contribution < 1.29 is 4.74 Å². The zero-order valence-corrected chi connectivity index (χ0v) is 10.2. The normalized spacial score (nSPS) is 11.0. The number of nitrogens with zero attached hydrogens (tertiary/aromatic N) is 3. The van der Waals surface area contributed by atoms with Crippen molar-refractivity contribution >= 4 is 0 Å². The van der Waals surface area contributed by atoms with Crippen LogP contribution in [0.1, 0.15) is 11.4 Å². The number of methoxy groups -OCH3 is 1. The fraction of sp³-hybridized carbons (Fsp3) is 0.636. The van der Waals surface area contributed by atoms with Crippen molar-refractivity contribution in [2.24, 2.45) is 0 Å². The van der Waals surface area contributed by atoms with Crippen molar-refractivity contribution in [2.45, 2.75) is 13.1 Å². The largest absolute Gasteiger partial charge is 0.383 e. The molecule has 1 aromatic heterocycles. The Labute approximate surface area is 96.8 Å². The Bertz CT molecular complexity index is 287. The summed E-state index contributed by atoms with van der Waals surface area (Å²) >= 11 is 0. The van der Waals surface area contributed by atoms with Crippen LogP contribution >= 0.6 is 0 Å². The van der Waals surface area contributed by atoms with E-state index in [4.69, 9.17) is 4.74 Å². The maximum atomic E-state index is 4.94. The lowest BCUT2D eigenvalue weighted by Gasteiger charge is -2.08. The maximum Gasteiger partial charge on any atom is 0.142 e. The Hall–Kier alpha value is -1.04. The van der Waals surface area contributed by atoms with Crippen LogP contribution in [0.3, 0.4) is 0 Å². The van der Waals surface area contributed by atoms with Crippen LogP contribution in [-0.2, 0) is 17.8 Å². The Kier molecular flexibility index (Phi) is 5.92. The molecule has 1 N–H and O–H groups in total. The van der Waals surface area contributed by atoms with E-state index < -0.39 is 0 Å². The molecular weight excluding hydrogens is 204 g/mol. The SMILES string of the molecule is COCCNCc1cnc(CN(C)C)nc1. The van der Waals surface area contributed by atoms with Crippen LogP contribution in [0, 0.1) is 0 Å². The summed E-state index contributed by atoms with van der Waals surface area (Å²) in [6.45, 7) is 3.12. The summed E-state index contributed by atoms with van der Waals surface area (Å²) in [5, 5.41) is 3.25. The second kappa shape index (κ2) is 7.27. The van der Waals surface area contributed by atoms with E-state index in [-0.39, 0.29) is 0 Å². The quantitative estimate of drug-likeness (QED) is 0.674. The molecule has 0 aliphatic heterocycles. The predicted molar refractivity (Wildman–Crippen MR) is 63.0 cm³/mol. The average molecular weight is 224 g/mol. The first-order chi connectivity index (χ1) is 7.72. The summed E-state index contributed by atoms with van der Waals surface area (Å²) in [4.78, 5) is 10.6. The van der Waals surface area contributed by atoms with E-state index >= 15 is 0 Å². The zero-order chi connectivity index (χ0) is 11.8. The van der Waals surface area contributed by atoms with Gasteiger partial charge in [0.05, 0.1) is 13.2 Å². The summed E-state index contributed by atoms with van der Waals surface area (Å²) in [6.07, 6.45) is 3.73. The van der Waals surface area contributed by atoms with Crippen LogP contribution in [0.15, 0.2) is 12.4 Å². The van der Waals surface area contributed by atoms with Crippen LogP contribution in [0.4, 0.5) is 0 Å². The summed E-state index contributed by atoms with van der Waals surface area (Å²) in [6, 6.07) is 0. The first kappa shape index (κ1) is 13.0. The first-order valence-corrected chi connectivity index (χ1v) is 5.36. The molecule has 1 aromatic rings. The van der Waals surface area contributed by atoms with E-state index in [1.807, 2.05) is 31.4 Å². The van der Waals surface area contributed by atoms with Crippen molar-refractivity contribution in [1.29, 1.82) is 0 Å². The molecule has 0 atom stereocenters. The number of ether oxygens (including phenoxy) is 1. The molecule has 0 fully saturated rings. The molecule has 0 saturated heterocycles. The molecule has 0 aromatic carbocycles. The fourth-order valence-corrected chi connectivity index (χ4v) is 1.24. The van der Waals surface area contributed by atoms with Crippen LogP contribution in [0.25, 0.3) is 0 Å². The molecule has 16 heavy (non-hydrogen) atoms. The highest BCUT2D eigenvalue weighted by atomic mass is 16.5. The lowest BCUT2D eigenvalue weighted by molar-refractivity contribution is 0.199. The lowest BCUT2D eigenvalue weighted by atomic mass is 10.3. The van der Waals surface area contributed by atoms with Gasteiger partial charge < -0.3 is 15.0 Å². The fourth-order valence-electron chi connectivity index (χ4n) is 1.24. The van der Waals surface area contributed by atoms with E-state index in [2.05, 4.69) is 15.3 Å². The molecule has 90 valence electrons. The highest BCUT2D eigenvalue weighted by molar-refractivity contribution is 5.04. The van der Waals surface area contributed by atoms with Gasteiger partial charge in [0.15, 0.2) is 0 Å². The second-order valence-electron chi connectivity index (χ2n) is 3.91. The molecule has 0 aliphatic carbocycles. The first-order valence-electron chi connectivity index (χ1n) is 5.36. The molecule has 1 heterocycles. The third kappa shape index (κ3) is 5.16. The van der Waals surface area contributed by atoms with Crippen LogP contribution in [0.5, 0.6) is 0 Å². The van der Waals surface area contributed by atoms with Gasteiger partial charge in [-0.3, -0.25) is 0 Å². The number of hydrogen-bond acceptors (Lipinski definition) is 5. The molecule has 0 aliphatic rings. The maximum absolute atomic E-state index is 4.94. The minimum absolute atomic E-state index is 0.722. The molecule has 0 spiro atoms. The summed E-state index contributed by atoms with van der Waals surface area (Å²) in [5.41, 5.74) is 1.10. The van der Waals surface area contributed by atoms with Gasteiger partial charge in [0.2, 0.25) is 0 Å². The average Bonchev–Trinajstić information content (AvgIpc) is 2.26. The van der Waals surface area contributed by atoms with Gasteiger partial charge >= 0.3 is 0 Å². The van der Waals surface area contributed by atoms with E-state index in [9.17, 15) is 0 Å². The minimum atomic E-state index is 0.722. The number of aromatic nitrogens is 2. The topological polar surface area (TPSA) is 50.3 Å². The van der Waals surface area contributed by atoms with Crippen LogP contribution in [0.2, 0.25) is 0 Å². The monoisotopic (exact) mass is 224 g/mol. The standard InChI is InChI=1S/C11H20N4O/c1-15(2)9-11-13-7-10(8-14-11)6-12-4-5-16-3/h7-8,12H,4-6,9H2,1-3H3. The summed E-state index contributed by atoms with van der Waals surface area (Å²) in [5.74, 6) is 0.852. The van der Waals surface area contributed by atoms with Crippen molar-refractivity contribution in [2.75, 3.05) is 34.4 Å². The smallest absolute Gasteiger partial charge is 0.142 e. The van der Waals surface area contributed by atoms with Crippen molar-refractivity contribution in [3.05, 3.63) is 23.8 Å². The van der Waals surface area contributed by atoms with Gasteiger partial charge in [0, 0.05) is 38.2 Å². The molecule has 5 heteroatoms. The van der Waals surface area contributed by atoms with Gasteiger partial charge in [0.1, 0.15) is 5.82 Å². The van der Waals surface area contributed by atoms with E-state index in [1.165, 1.54) is 0 Å². The van der Waals surface area contributed by atoms with E-state index in [0.29, 0.717) is 0 Å². The van der Waals surface area contributed by atoms with Crippen LogP contribution < -0.4 is 5.32 Å². The summed E-state index contributed by atoms with van der Waals surface area (Å²) < 4.78 is 4.94. The van der Waals surface area contributed by atoms with Crippen LogP contribution in [-0.4, -0.2) is 49.2 Å².